The van der Waals surface area contributed by atoms with Crippen LogP contribution in [0, 0.1) is 29.6 Å². The fourth-order valence-electron chi connectivity index (χ4n) is 1.76. The van der Waals surface area contributed by atoms with Gasteiger partial charge in [0.15, 0.2) is 0 Å². The molecule has 14 heavy (non-hydrogen) atoms. The van der Waals surface area contributed by atoms with Crippen LogP contribution in [0.15, 0.2) is 12.7 Å². The minimum Gasteiger partial charge on any atom is -0.377 e. The third-order valence-corrected chi connectivity index (χ3v) is 3.07. The molecule has 1 aliphatic carbocycles. The average molecular weight is 191 g/mol. The molecule has 1 saturated carbocycles. The molecule has 1 aliphatic rings. The van der Waals surface area contributed by atoms with E-state index in [9.17, 15) is 0 Å². The fraction of sp³-hybridized carbons (Fsp3) is 0.462. The molecule has 0 aromatic heterocycles. The van der Waals surface area contributed by atoms with Crippen LogP contribution in [-0.2, 0) is 4.74 Å². The minimum absolute atomic E-state index is 0.627. The molecule has 1 heteroatoms. The molecule has 0 aromatic carbocycles. The Morgan fingerprint density at radius 3 is 1.93 bits per heavy atom. The Morgan fingerprint density at radius 2 is 1.50 bits per heavy atom. The molecule has 0 spiro atoms. The van der Waals surface area contributed by atoms with Crippen LogP contribution < -0.4 is 0 Å². The van der Waals surface area contributed by atoms with E-state index in [4.69, 9.17) is 4.74 Å². The van der Waals surface area contributed by atoms with Gasteiger partial charge in [-0.15, -0.1) is 6.58 Å². The summed E-state index contributed by atoms with van der Waals surface area (Å²) >= 11 is 0. The number of hydrogen-bond acceptors (Lipinski definition) is 1. The molecule has 5 radical (unpaired) electrons. The van der Waals surface area contributed by atoms with E-state index in [1.54, 1.807) is 6.08 Å². The Kier molecular flexibility index (Phi) is 4.18. The zero-order valence-corrected chi connectivity index (χ0v) is 9.61. The van der Waals surface area contributed by atoms with Crippen molar-refractivity contribution in [2.75, 3.05) is 13.2 Å². The monoisotopic (exact) mass is 191 g/mol. The van der Waals surface area contributed by atoms with Gasteiger partial charge < -0.3 is 4.74 Å². The maximum absolute atomic E-state index is 5.48. The van der Waals surface area contributed by atoms with Gasteiger partial charge >= 0.3 is 0 Å². The topological polar surface area (TPSA) is 9.23 Å². The molecule has 0 saturated heterocycles. The molecule has 0 atom stereocenters. The Labute approximate surface area is 88.5 Å². The van der Waals surface area contributed by atoms with E-state index >= 15 is 0 Å². The summed E-state index contributed by atoms with van der Waals surface area (Å²) in [6.07, 6.45) is 1.79. The molecule has 77 valence electrons. The molecule has 0 unspecified atom stereocenters. The Morgan fingerprint density at radius 1 is 1.00 bits per heavy atom. The summed E-state index contributed by atoms with van der Waals surface area (Å²) in [5.74, 6) is 6.91. The smallest absolute Gasteiger partial charge is 0.0645 e. The number of ether oxygens (including phenoxy) is 1. The van der Waals surface area contributed by atoms with Crippen molar-refractivity contribution in [1.29, 1.82) is 0 Å². The lowest BCUT2D eigenvalue weighted by Crippen LogP contribution is -2.14. The van der Waals surface area contributed by atoms with E-state index in [2.05, 4.69) is 34.3 Å². The average Bonchev–Trinajstić information content (AvgIpc) is 2.35. The van der Waals surface area contributed by atoms with E-state index in [-0.39, 0.29) is 0 Å². The third-order valence-electron chi connectivity index (χ3n) is 3.07. The molecule has 0 heterocycles. The van der Waals surface area contributed by atoms with Crippen molar-refractivity contribution in [3.05, 3.63) is 42.2 Å². The highest BCUT2D eigenvalue weighted by Crippen LogP contribution is 2.51. The van der Waals surface area contributed by atoms with Gasteiger partial charge in [0.05, 0.1) is 13.2 Å². The Bertz CT molecular complexity index is 174. The first kappa shape index (κ1) is 11.8. The Balaban J connectivity index is 2.47. The van der Waals surface area contributed by atoms with Crippen LogP contribution in [-0.4, -0.2) is 13.2 Å². The van der Waals surface area contributed by atoms with Crippen LogP contribution in [0.25, 0.3) is 0 Å². The molecular weight excluding hydrogens is 172 g/mol. The summed E-state index contributed by atoms with van der Waals surface area (Å²) in [6, 6.07) is 0. The van der Waals surface area contributed by atoms with Crippen LogP contribution in [0.3, 0.4) is 0 Å². The molecule has 0 aromatic rings. The molecule has 0 aliphatic heterocycles. The second kappa shape index (κ2) is 4.97. The highest BCUT2D eigenvalue weighted by atomic mass is 16.5. The fourth-order valence-corrected chi connectivity index (χ4v) is 1.76. The van der Waals surface area contributed by atoms with Gasteiger partial charge in [0, 0.05) is 5.92 Å². The largest absolute Gasteiger partial charge is 0.377 e. The van der Waals surface area contributed by atoms with Crippen LogP contribution in [0.1, 0.15) is 27.7 Å². The maximum atomic E-state index is 5.48. The first-order valence-corrected chi connectivity index (χ1v) is 5.00. The zero-order valence-electron chi connectivity index (χ0n) is 9.61. The molecule has 1 fully saturated rings. The van der Waals surface area contributed by atoms with Crippen LogP contribution in [0.4, 0.5) is 0 Å². The van der Waals surface area contributed by atoms with Crippen molar-refractivity contribution in [3.63, 3.8) is 0 Å². The van der Waals surface area contributed by atoms with Crippen LogP contribution in [0.5, 0.6) is 0 Å². The molecule has 1 rings (SSSR count). The van der Waals surface area contributed by atoms with Crippen molar-refractivity contribution in [2.24, 2.45) is 0 Å². The molecule has 0 bridgehead atoms. The van der Waals surface area contributed by atoms with Crippen molar-refractivity contribution >= 4 is 0 Å². The lowest BCUT2D eigenvalue weighted by Gasteiger charge is -2.18. The van der Waals surface area contributed by atoms with Gasteiger partial charge in [-0.1, -0.05) is 33.8 Å². The second-order valence-corrected chi connectivity index (χ2v) is 3.78. The standard InChI is InChI=1S/C13H19O/c1-6-7-14-8-13-11(4)9(2)10(3)12(13)5/h6H,1,7-8H2,2-5H3. The molecule has 0 N–H and O–H groups in total. The van der Waals surface area contributed by atoms with Gasteiger partial charge in [-0.05, 0) is 23.7 Å². The predicted octanol–water partition coefficient (Wildman–Crippen LogP) is 3.15. The lowest BCUT2D eigenvalue weighted by molar-refractivity contribution is 0.175. The predicted molar refractivity (Wildman–Crippen MR) is 59.9 cm³/mol. The van der Waals surface area contributed by atoms with Gasteiger partial charge in [-0.25, -0.2) is 0 Å². The van der Waals surface area contributed by atoms with Crippen molar-refractivity contribution in [2.45, 2.75) is 27.7 Å². The van der Waals surface area contributed by atoms with Gasteiger partial charge in [-0.2, -0.15) is 0 Å². The minimum atomic E-state index is 0.627. The van der Waals surface area contributed by atoms with E-state index in [1.807, 2.05) is 0 Å². The number of hydrogen-bond donors (Lipinski definition) is 0. The van der Waals surface area contributed by atoms with E-state index in [1.165, 1.54) is 29.6 Å². The molecular formula is C13H19O. The molecule has 1 nitrogen and oxygen atoms in total. The second-order valence-electron chi connectivity index (χ2n) is 3.78. The van der Waals surface area contributed by atoms with E-state index < -0.39 is 0 Å². The van der Waals surface area contributed by atoms with Crippen molar-refractivity contribution in [1.82, 2.24) is 0 Å². The quantitative estimate of drug-likeness (QED) is 0.490. The first-order chi connectivity index (χ1) is 6.59. The SMILES string of the molecule is C=CCOC[C]1[C](C)[C](C)[C](C)[C]1C. The van der Waals surface area contributed by atoms with Crippen molar-refractivity contribution < 1.29 is 4.74 Å². The van der Waals surface area contributed by atoms with Crippen LogP contribution >= 0.6 is 0 Å². The van der Waals surface area contributed by atoms with Gasteiger partial charge in [0.25, 0.3) is 0 Å². The highest BCUT2D eigenvalue weighted by molar-refractivity contribution is 5.59. The van der Waals surface area contributed by atoms with E-state index in [0.29, 0.717) is 13.2 Å². The van der Waals surface area contributed by atoms with Gasteiger partial charge in [0.2, 0.25) is 0 Å². The summed E-state index contributed by atoms with van der Waals surface area (Å²) < 4.78 is 5.48. The van der Waals surface area contributed by atoms with Gasteiger partial charge in [0.1, 0.15) is 0 Å². The summed E-state index contributed by atoms with van der Waals surface area (Å²) in [6.45, 7) is 13.7. The maximum Gasteiger partial charge on any atom is 0.0645 e. The summed E-state index contributed by atoms with van der Waals surface area (Å²) in [5, 5.41) is 0. The first-order valence-electron chi connectivity index (χ1n) is 5.00. The van der Waals surface area contributed by atoms with E-state index in [0.717, 1.165) is 0 Å². The normalized spacial score (nSPS) is 23.4. The summed E-state index contributed by atoms with van der Waals surface area (Å²) in [7, 11) is 0. The Hall–Kier alpha value is -0.300. The van der Waals surface area contributed by atoms with Crippen molar-refractivity contribution in [3.8, 4) is 0 Å². The lowest BCUT2D eigenvalue weighted by atomic mass is 9.90. The third kappa shape index (κ3) is 2.20. The summed E-state index contributed by atoms with van der Waals surface area (Å²) in [5.41, 5.74) is 0. The number of rotatable bonds is 4. The highest BCUT2D eigenvalue weighted by Gasteiger charge is 2.43. The van der Waals surface area contributed by atoms with Gasteiger partial charge in [-0.3, -0.25) is 0 Å². The van der Waals surface area contributed by atoms with Crippen LogP contribution in [0.2, 0.25) is 0 Å². The zero-order chi connectivity index (χ0) is 10.7. The summed E-state index contributed by atoms with van der Waals surface area (Å²) in [4.78, 5) is 0. The molecule has 0 amide bonds.